The molecule has 1 saturated heterocycles. The zero-order chi connectivity index (χ0) is 14.9. The lowest BCUT2D eigenvalue weighted by molar-refractivity contribution is 0.246. The highest BCUT2D eigenvalue weighted by Gasteiger charge is 2.33. The van der Waals surface area contributed by atoms with E-state index in [0.717, 1.165) is 37.9 Å². The summed E-state index contributed by atoms with van der Waals surface area (Å²) < 4.78 is 27.3. The highest BCUT2D eigenvalue weighted by atomic mass is 32.2. The van der Waals surface area contributed by atoms with Gasteiger partial charge in [0, 0.05) is 37.1 Å². The lowest BCUT2D eigenvalue weighted by atomic mass is 10.0. The first-order valence-corrected chi connectivity index (χ1v) is 9.48. The average Bonchev–Trinajstić information content (AvgIpc) is 3.20. The normalized spacial score (nSPS) is 24.3. The second-order valence-corrected chi connectivity index (χ2v) is 8.08. The summed E-state index contributed by atoms with van der Waals surface area (Å²) in [7, 11) is -3.35. The monoisotopic (exact) mass is 311 g/mol. The van der Waals surface area contributed by atoms with E-state index >= 15 is 0 Å². The van der Waals surface area contributed by atoms with Crippen LogP contribution in [0.2, 0.25) is 0 Å². The highest BCUT2D eigenvalue weighted by molar-refractivity contribution is 7.89. The molecule has 2 heterocycles. The summed E-state index contributed by atoms with van der Waals surface area (Å²) in [5, 5.41) is 3.40. The van der Waals surface area contributed by atoms with Gasteiger partial charge in [0.15, 0.2) is 0 Å². The second kappa shape index (κ2) is 6.10. The van der Waals surface area contributed by atoms with Crippen molar-refractivity contribution >= 4 is 10.0 Å². The molecule has 3 rings (SSSR count). The Balaban J connectivity index is 1.73. The highest BCUT2D eigenvalue weighted by Crippen LogP contribution is 2.27. The van der Waals surface area contributed by atoms with Gasteiger partial charge in [0.05, 0.1) is 4.90 Å². The van der Waals surface area contributed by atoms with Crippen LogP contribution in [0.1, 0.15) is 51.1 Å². The topological polar surface area (TPSA) is 65.2 Å². The van der Waals surface area contributed by atoms with E-state index in [-0.39, 0.29) is 6.04 Å². The molecule has 1 aromatic rings. The molecule has 21 heavy (non-hydrogen) atoms. The third-order valence-corrected chi connectivity index (χ3v) is 6.46. The van der Waals surface area contributed by atoms with Crippen LogP contribution in [0.25, 0.3) is 0 Å². The molecule has 0 aromatic carbocycles. The summed E-state index contributed by atoms with van der Waals surface area (Å²) in [4.78, 5) is 3.51. The van der Waals surface area contributed by atoms with Gasteiger partial charge < -0.3 is 10.3 Å². The summed E-state index contributed by atoms with van der Waals surface area (Å²) in [6.07, 6.45) is 8.08. The van der Waals surface area contributed by atoms with E-state index < -0.39 is 10.0 Å². The third kappa shape index (κ3) is 3.33. The number of H-pyrrole nitrogens is 1. The molecule has 0 amide bonds. The molecule has 2 N–H and O–H groups in total. The maximum atomic E-state index is 12.8. The van der Waals surface area contributed by atoms with Crippen LogP contribution in [0.4, 0.5) is 0 Å². The smallest absolute Gasteiger partial charge is 0.244 e. The van der Waals surface area contributed by atoms with Crippen molar-refractivity contribution in [2.45, 2.75) is 69.0 Å². The number of sulfonamides is 1. The van der Waals surface area contributed by atoms with Crippen LogP contribution in [0, 0.1) is 0 Å². The van der Waals surface area contributed by atoms with Crippen LogP contribution >= 0.6 is 0 Å². The van der Waals surface area contributed by atoms with Crippen LogP contribution in [-0.2, 0) is 16.6 Å². The van der Waals surface area contributed by atoms with E-state index in [0.29, 0.717) is 17.5 Å². The molecule has 0 radical (unpaired) electrons. The molecule has 6 heteroatoms. The molecule has 0 spiro atoms. The van der Waals surface area contributed by atoms with Gasteiger partial charge in [0.2, 0.25) is 10.0 Å². The van der Waals surface area contributed by atoms with Crippen LogP contribution in [0.5, 0.6) is 0 Å². The predicted molar refractivity (Wildman–Crippen MR) is 82.5 cm³/mol. The Morgan fingerprint density at radius 2 is 2.14 bits per heavy atom. The van der Waals surface area contributed by atoms with Crippen LogP contribution in [0.3, 0.4) is 0 Å². The third-order valence-electron chi connectivity index (χ3n) is 4.53. The summed E-state index contributed by atoms with van der Waals surface area (Å²) >= 11 is 0. The van der Waals surface area contributed by atoms with Crippen molar-refractivity contribution in [3.8, 4) is 0 Å². The summed E-state index contributed by atoms with van der Waals surface area (Å²) in [5.41, 5.74) is 0.950. The Bertz CT molecular complexity index is 577. The number of aromatic amines is 1. The summed E-state index contributed by atoms with van der Waals surface area (Å²) in [6.45, 7) is 3.44. The number of nitrogens with one attached hydrogen (secondary N) is 2. The first-order chi connectivity index (χ1) is 10.1. The van der Waals surface area contributed by atoms with E-state index in [9.17, 15) is 8.42 Å². The van der Waals surface area contributed by atoms with Crippen molar-refractivity contribution in [3.63, 3.8) is 0 Å². The minimum atomic E-state index is -3.35. The molecule has 1 aromatic heterocycles. The van der Waals surface area contributed by atoms with Crippen molar-refractivity contribution in [1.29, 1.82) is 0 Å². The molecule has 2 fully saturated rings. The number of piperidine rings is 1. The van der Waals surface area contributed by atoms with Gasteiger partial charge in [0.25, 0.3) is 0 Å². The van der Waals surface area contributed by atoms with Crippen molar-refractivity contribution in [1.82, 2.24) is 14.6 Å². The molecular formula is C15H25N3O2S. The Labute approximate surface area is 127 Å². The van der Waals surface area contributed by atoms with E-state index in [1.807, 2.05) is 0 Å². The Hall–Kier alpha value is -0.850. The largest absolute Gasteiger partial charge is 0.363 e. The van der Waals surface area contributed by atoms with Gasteiger partial charge in [-0.15, -0.1) is 0 Å². The van der Waals surface area contributed by atoms with Crippen LogP contribution in [0.15, 0.2) is 17.2 Å². The zero-order valence-electron chi connectivity index (χ0n) is 12.6. The van der Waals surface area contributed by atoms with Gasteiger partial charge in [-0.25, -0.2) is 8.42 Å². The molecule has 0 bridgehead atoms. The Morgan fingerprint density at radius 3 is 2.86 bits per heavy atom. The first kappa shape index (κ1) is 15.1. The molecule has 1 aliphatic carbocycles. The Morgan fingerprint density at radius 1 is 1.33 bits per heavy atom. The average molecular weight is 311 g/mol. The van der Waals surface area contributed by atoms with Crippen molar-refractivity contribution in [2.75, 3.05) is 6.54 Å². The minimum absolute atomic E-state index is 0.159. The summed E-state index contributed by atoms with van der Waals surface area (Å²) in [5.74, 6) is 0. The fraction of sp³-hybridized carbons (Fsp3) is 0.733. The molecule has 5 nitrogen and oxygen atoms in total. The van der Waals surface area contributed by atoms with Crippen LogP contribution in [-0.4, -0.2) is 36.3 Å². The van der Waals surface area contributed by atoms with Gasteiger partial charge in [-0.05, 0) is 38.2 Å². The molecule has 1 aliphatic heterocycles. The molecule has 118 valence electrons. The molecular weight excluding hydrogens is 286 g/mol. The zero-order valence-corrected chi connectivity index (χ0v) is 13.5. The van der Waals surface area contributed by atoms with E-state index in [2.05, 4.69) is 17.2 Å². The standard InChI is InChI=1S/C15H25N3O2S/c1-2-14-5-3-4-8-18(14)21(19,20)15-9-13(17-11-15)10-16-12-6-7-12/h9,11-12,14,16-17H,2-8,10H2,1H3. The lowest BCUT2D eigenvalue weighted by Gasteiger charge is -2.33. The van der Waals surface area contributed by atoms with Gasteiger partial charge >= 0.3 is 0 Å². The SMILES string of the molecule is CCC1CCCCN1S(=O)(=O)c1c[nH]c(CNC2CC2)c1. The second-order valence-electron chi connectivity index (χ2n) is 6.19. The van der Waals surface area contributed by atoms with Crippen molar-refractivity contribution < 1.29 is 8.42 Å². The van der Waals surface area contributed by atoms with Crippen LogP contribution < -0.4 is 5.32 Å². The van der Waals surface area contributed by atoms with Crippen molar-refractivity contribution in [2.24, 2.45) is 0 Å². The molecule has 1 atom stereocenters. The first-order valence-electron chi connectivity index (χ1n) is 8.04. The lowest BCUT2D eigenvalue weighted by Crippen LogP contribution is -2.43. The number of aromatic nitrogens is 1. The number of rotatable bonds is 6. The summed E-state index contributed by atoms with van der Waals surface area (Å²) in [6, 6.07) is 2.57. The van der Waals surface area contributed by atoms with Gasteiger partial charge in [-0.1, -0.05) is 13.3 Å². The maximum Gasteiger partial charge on any atom is 0.244 e. The van der Waals surface area contributed by atoms with Gasteiger partial charge in [-0.2, -0.15) is 4.31 Å². The number of hydrogen-bond acceptors (Lipinski definition) is 3. The molecule has 2 aliphatic rings. The Kier molecular flexibility index (Phi) is 4.38. The molecule has 1 unspecified atom stereocenters. The molecule has 1 saturated carbocycles. The van der Waals surface area contributed by atoms with E-state index in [1.165, 1.54) is 12.8 Å². The maximum absolute atomic E-state index is 12.8. The van der Waals surface area contributed by atoms with Gasteiger partial charge in [0.1, 0.15) is 0 Å². The van der Waals surface area contributed by atoms with Gasteiger partial charge in [-0.3, -0.25) is 0 Å². The van der Waals surface area contributed by atoms with E-state index in [1.54, 1.807) is 16.6 Å². The van der Waals surface area contributed by atoms with E-state index in [4.69, 9.17) is 0 Å². The predicted octanol–water partition coefficient (Wildman–Crippen LogP) is 2.22. The quantitative estimate of drug-likeness (QED) is 0.846. The number of hydrogen-bond donors (Lipinski definition) is 2. The fourth-order valence-electron chi connectivity index (χ4n) is 3.05. The van der Waals surface area contributed by atoms with Crippen molar-refractivity contribution in [3.05, 3.63) is 18.0 Å². The minimum Gasteiger partial charge on any atom is -0.363 e. The fourth-order valence-corrected chi connectivity index (χ4v) is 4.83. The number of nitrogens with zero attached hydrogens (tertiary/aromatic N) is 1.